The van der Waals surface area contributed by atoms with E-state index in [1.54, 1.807) is 0 Å². The summed E-state index contributed by atoms with van der Waals surface area (Å²) in [6.07, 6.45) is 3.22. The van der Waals surface area contributed by atoms with E-state index in [4.69, 9.17) is 5.11 Å². The summed E-state index contributed by atoms with van der Waals surface area (Å²) in [4.78, 5) is 37.3. The van der Waals surface area contributed by atoms with Gasteiger partial charge in [0, 0.05) is 18.0 Å². The Morgan fingerprint density at radius 2 is 1.83 bits per heavy atom. The average Bonchev–Trinajstić information content (AvgIpc) is 3.17. The summed E-state index contributed by atoms with van der Waals surface area (Å²) in [5.74, 6) is -3.14. The molecule has 0 aliphatic heterocycles. The van der Waals surface area contributed by atoms with Crippen LogP contribution < -0.4 is 10.9 Å². The largest absolute Gasteiger partial charge is 0.481 e. The van der Waals surface area contributed by atoms with Crippen molar-refractivity contribution in [1.82, 2.24) is 15.8 Å². The molecule has 1 aliphatic carbocycles. The molecule has 1 heterocycles. The summed E-state index contributed by atoms with van der Waals surface area (Å²) < 4.78 is 0. The number of hydrazine groups is 1. The molecule has 2 amide bonds. The van der Waals surface area contributed by atoms with Gasteiger partial charge in [-0.15, -0.1) is 0 Å². The van der Waals surface area contributed by atoms with Crippen LogP contribution in [0.25, 0.3) is 0 Å². The third-order valence-corrected chi connectivity index (χ3v) is 2.69. The lowest BCUT2D eigenvalue weighted by Gasteiger charge is -2.06. The Morgan fingerprint density at radius 3 is 2.39 bits per heavy atom. The fourth-order valence-electron chi connectivity index (χ4n) is 1.54. The smallest absolute Gasteiger partial charge is 0.307 e. The molecule has 1 fully saturated rings. The van der Waals surface area contributed by atoms with E-state index in [0.717, 1.165) is 0 Å². The monoisotopic (exact) mass is 249 g/mol. The van der Waals surface area contributed by atoms with Crippen LogP contribution in [-0.2, 0) is 9.59 Å². The molecule has 0 saturated heterocycles. The van der Waals surface area contributed by atoms with Crippen LogP contribution in [-0.4, -0.2) is 27.9 Å². The molecule has 1 aliphatic rings. The molecule has 1 saturated carbocycles. The number of rotatable bonds is 3. The van der Waals surface area contributed by atoms with Crippen molar-refractivity contribution in [3.05, 3.63) is 30.1 Å². The fourth-order valence-corrected chi connectivity index (χ4v) is 1.54. The Bertz CT molecular complexity index is 488. The third kappa shape index (κ3) is 2.62. The average molecular weight is 249 g/mol. The van der Waals surface area contributed by atoms with E-state index < -0.39 is 29.6 Å². The number of amides is 2. The third-order valence-electron chi connectivity index (χ3n) is 2.69. The molecular weight excluding hydrogens is 238 g/mol. The Hall–Kier alpha value is -2.44. The maximum absolute atomic E-state index is 11.5. The van der Waals surface area contributed by atoms with Crippen LogP contribution in [0.1, 0.15) is 16.8 Å². The standard InChI is InChI=1S/C11H11N3O4/c15-9(6-1-3-12-4-2-6)13-14-10(16)7-5-8(7)11(17)18/h1-4,7-8H,5H2,(H,13,15)(H,14,16)(H,17,18)/t7-,8+/m1/s1. The van der Waals surface area contributed by atoms with E-state index in [0.29, 0.717) is 12.0 Å². The summed E-state index contributed by atoms with van der Waals surface area (Å²) in [7, 11) is 0. The van der Waals surface area contributed by atoms with Gasteiger partial charge in [-0.05, 0) is 18.6 Å². The summed E-state index contributed by atoms with van der Waals surface area (Å²) in [5, 5.41) is 8.65. The highest BCUT2D eigenvalue weighted by molar-refractivity contribution is 5.96. The topological polar surface area (TPSA) is 108 Å². The molecule has 0 aromatic carbocycles. The van der Waals surface area contributed by atoms with Gasteiger partial charge in [0.1, 0.15) is 0 Å². The second-order valence-electron chi connectivity index (χ2n) is 3.97. The maximum Gasteiger partial charge on any atom is 0.307 e. The number of carbonyl (C=O) groups is 3. The number of aliphatic carboxylic acids is 1. The number of carboxylic acid groups (broad SMARTS) is 1. The lowest BCUT2D eigenvalue weighted by Crippen LogP contribution is -2.42. The highest BCUT2D eigenvalue weighted by Crippen LogP contribution is 2.38. The molecule has 1 aromatic heterocycles. The van der Waals surface area contributed by atoms with Crippen molar-refractivity contribution in [1.29, 1.82) is 0 Å². The Morgan fingerprint density at radius 1 is 1.17 bits per heavy atom. The predicted molar refractivity (Wildman–Crippen MR) is 59.1 cm³/mol. The van der Waals surface area contributed by atoms with E-state index in [2.05, 4.69) is 15.8 Å². The van der Waals surface area contributed by atoms with Crippen LogP contribution >= 0.6 is 0 Å². The van der Waals surface area contributed by atoms with Crippen molar-refractivity contribution >= 4 is 17.8 Å². The summed E-state index contributed by atoms with van der Waals surface area (Å²) in [5.41, 5.74) is 4.78. The zero-order valence-corrected chi connectivity index (χ0v) is 9.29. The molecular formula is C11H11N3O4. The molecule has 2 atom stereocenters. The van der Waals surface area contributed by atoms with Crippen LogP contribution in [0.3, 0.4) is 0 Å². The lowest BCUT2D eigenvalue weighted by molar-refractivity contribution is -0.140. The van der Waals surface area contributed by atoms with Crippen molar-refractivity contribution in [3.63, 3.8) is 0 Å². The first kappa shape index (κ1) is 12.0. The van der Waals surface area contributed by atoms with Gasteiger partial charge in [-0.2, -0.15) is 0 Å². The molecule has 0 unspecified atom stereocenters. The van der Waals surface area contributed by atoms with Gasteiger partial charge < -0.3 is 5.11 Å². The minimum atomic E-state index is -0.990. The molecule has 18 heavy (non-hydrogen) atoms. The molecule has 0 spiro atoms. The SMILES string of the molecule is O=C(NNC(=O)[C@@H]1C[C@@H]1C(=O)O)c1ccncc1. The van der Waals surface area contributed by atoms with Crippen LogP contribution in [0.5, 0.6) is 0 Å². The fraction of sp³-hybridized carbons (Fsp3) is 0.273. The van der Waals surface area contributed by atoms with Crippen molar-refractivity contribution in [2.24, 2.45) is 11.8 Å². The summed E-state index contributed by atoms with van der Waals surface area (Å²) in [6, 6.07) is 3.00. The Kier molecular flexibility index (Phi) is 3.22. The van der Waals surface area contributed by atoms with Gasteiger partial charge in [0.15, 0.2) is 0 Å². The van der Waals surface area contributed by atoms with Gasteiger partial charge in [-0.1, -0.05) is 0 Å². The first-order chi connectivity index (χ1) is 8.59. The summed E-state index contributed by atoms with van der Waals surface area (Å²) >= 11 is 0. The normalized spacial score (nSPS) is 20.9. The number of carbonyl (C=O) groups excluding carboxylic acids is 2. The predicted octanol–water partition coefficient (Wildman–Crippen LogP) is -0.437. The van der Waals surface area contributed by atoms with E-state index >= 15 is 0 Å². The van der Waals surface area contributed by atoms with Gasteiger partial charge in [0.05, 0.1) is 11.8 Å². The van der Waals surface area contributed by atoms with E-state index in [1.165, 1.54) is 24.5 Å². The van der Waals surface area contributed by atoms with Crippen molar-refractivity contribution in [2.75, 3.05) is 0 Å². The van der Waals surface area contributed by atoms with Gasteiger partial charge >= 0.3 is 5.97 Å². The number of aromatic nitrogens is 1. The van der Waals surface area contributed by atoms with Crippen molar-refractivity contribution < 1.29 is 19.5 Å². The van der Waals surface area contributed by atoms with Gasteiger partial charge in [-0.25, -0.2) is 0 Å². The molecule has 1 aromatic rings. The van der Waals surface area contributed by atoms with Crippen LogP contribution in [0.4, 0.5) is 0 Å². The number of hydrogen-bond donors (Lipinski definition) is 3. The van der Waals surface area contributed by atoms with Crippen LogP contribution in [0.15, 0.2) is 24.5 Å². The van der Waals surface area contributed by atoms with E-state index in [-0.39, 0.29) is 0 Å². The first-order valence-electron chi connectivity index (χ1n) is 5.32. The molecule has 7 nitrogen and oxygen atoms in total. The minimum absolute atomic E-state index is 0.312. The first-order valence-corrected chi connectivity index (χ1v) is 5.32. The van der Waals surface area contributed by atoms with Gasteiger partial charge in [0.25, 0.3) is 5.91 Å². The van der Waals surface area contributed by atoms with E-state index in [1.807, 2.05) is 0 Å². The zero-order chi connectivity index (χ0) is 13.1. The Labute approximate surface area is 102 Å². The van der Waals surface area contributed by atoms with Gasteiger partial charge in [0.2, 0.25) is 5.91 Å². The molecule has 7 heteroatoms. The number of nitrogens with one attached hydrogen (secondary N) is 2. The highest BCUT2D eigenvalue weighted by Gasteiger charge is 2.48. The number of carboxylic acids is 1. The van der Waals surface area contributed by atoms with Crippen LogP contribution in [0, 0.1) is 11.8 Å². The molecule has 3 N–H and O–H groups in total. The number of nitrogens with zero attached hydrogens (tertiary/aromatic N) is 1. The molecule has 2 rings (SSSR count). The zero-order valence-electron chi connectivity index (χ0n) is 9.29. The molecule has 0 bridgehead atoms. The highest BCUT2D eigenvalue weighted by atomic mass is 16.4. The summed E-state index contributed by atoms with van der Waals surface area (Å²) in [6.45, 7) is 0. The van der Waals surface area contributed by atoms with Gasteiger partial charge in [-0.3, -0.25) is 30.2 Å². The molecule has 94 valence electrons. The number of hydrogen-bond acceptors (Lipinski definition) is 4. The second kappa shape index (κ2) is 4.82. The van der Waals surface area contributed by atoms with E-state index in [9.17, 15) is 14.4 Å². The second-order valence-corrected chi connectivity index (χ2v) is 3.97. The van der Waals surface area contributed by atoms with Crippen molar-refractivity contribution in [3.8, 4) is 0 Å². The lowest BCUT2D eigenvalue weighted by atomic mass is 10.2. The van der Waals surface area contributed by atoms with Crippen molar-refractivity contribution in [2.45, 2.75) is 6.42 Å². The minimum Gasteiger partial charge on any atom is -0.481 e. The maximum atomic E-state index is 11.5. The quantitative estimate of drug-likeness (QED) is 0.629. The number of pyridine rings is 1. The van der Waals surface area contributed by atoms with Crippen LogP contribution in [0.2, 0.25) is 0 Å². The molecule has 0 radical (unpaired) electrons. The Balaban J connectivity index is 1.81.